The minimum atomic E-state index is -0.768. The number of aromatic nitrogens is 2. The van der Waals surface area contributed by atoms with Crippen molar-refractivity contribution in [1.29, 1.82) is 0 Å². The van der Waals surface area contributed by atoms with Gasteiger partial charge in [0, 0.05) is 12.1 Å². The van der Waals surface area contributed by atoms with E-state index in [9.17, 15) is 4.79 Å². The number of nitrogens with one attached hydrogen (secondary N) is 1. The Bertz CT molecular complexity index is 292. The number of H-pyrrole nitrogens is 1. The average molecular weight is 182 g/mol. The molecule has 0 unspecified atom stereocenters. The second kappa shape index (κ2) is 4.07. The molecule has 4 nitrogen and oxygen atoms in total. The van der Waals surface area contributed by atoms with Crippen LogP contribution < -0.4 is 0 Å². The van der Waals surface area contributed by atoms with Gasteiger partial charge in [-0.05, 0) is 17.9 Å². The molecule has 0 aliphatic rings. The zero-order valence-electron chi connectivity index (χ0n) is 7.87. The Hall–Kier alpha value is -1.32. The van der Waals surface area contributed by atoms with Gasteiger partial charge in [0.15, 0.2) is 0 Å². The van der Waals surface area contributed by atoms with E-state index in [1.165, 1.54) is 0 Å². The predicted molar refractivity (Wildman–Crippen MR) is 48.6 cm³/mol. The van der Waals surface area contributed by atoms with Gasteiger partial charge >= 0.3 is 5.97 Å². The van der Waals surface area contributed by atoms with Gasteiger partial charge in [0.25, 0.3) is 0 Å². The zero-order valence-corrected chi connectivity index (χ0v) is 7.87. The SMILES string of the molecule is CC(C)c1[nH]ncc1CCC(=O)O. The number of aromatic amines is 1. The summed E-state index contributed by atoms with van der Waals surface area (Å²) in [6.07, 6.45) is 2.43. The molecular formula is C9H14N2O2. The van der Waals surface area contributed by atoms with E-state index in [0.29, 0.717) is 12.3 Å². The number of hydrogen-bond donors (Lipinski definition) is 2. The van der Waals surface area contributed by atoms with Crippen LogP contribution in [0.2, 0.25) is 0 Å². The van der Waals surface area contributed by atoms with Crippen LogP contribution in [0, 0.1) is 0 Å². The third-order valence-corrected chi connectivity index (χ3v) is 1.94. The van der Waals surface area contributed by atoms with Crippen molar-refractivity contribution in [3.05, 3.63) is 17.5 Å². The van der Waals surface area contributed by atoms with Crippen LogP contribution in [0.25, 0.3) is 0 Å². The van der Waals surface area contributed by atoms with Crippen LogP contribution in [-0.2, 0) is 11.2 Å². The highest BCUT2D eigenvalue weighted by molar-refractivity contribution is 5.67. The maximum Gasteiger partial charge on any atom is 0.303 e. The Morgan fingerprint density at radius 3 is 2.92 bits per heavy atom. The molecule has 2 N–H and O–H groups in total. The molecule has 0 fully saturated rings. The molecular weight excluding hydrogens is 168 g/mol. The van der Waals surface area contributed by atoms with Crippen LogP contribution in [0.3, 0.4) is 0 Å². The first kappa shape index (κ1) is 9.77. The summed E-state index contributed by atoms with van der Waals surface area (Å²) in [5, 5.41) is 15.3. The molecule has 0 aliphatic heterocycles. The van der Waals surface area contributed by atoms with Gasteiger partial charge in [-0.25, -0.2) is 0 Å². The van der Waals surface area contributed by atoms with Crippen molar-refractivity contribution in [2.45, 2.75) is 32.6 Å². The Labute approximate surface area is 77.0 Å². The highest BCUT2D eigenvalue weighted by Crippen LogP contribution is 2.17. The van der Waals surface area contributed by atoms with Gasteiger partial charge in [-0.15, -0.1) is 0 Å². The molecule has 4 heteroatoms. The smallest absolute Gasteiger partial charge is 0.303 e. The third-order valence-electron chi connectivity index (χ3n) is 1.94. The summed E-state index contributed by atoms with van der Waals surface area (Å²) in [5.41, 5.74) is 2.05. The van der Waals surface area contributed by atoms with E-state index in [2.05, 4.69) is 24.0 Å². The molecule has 0 bridgehead atoms. The quantitative estimate of drug-likeness (QED) is 0.742. The van der Waals surface area contributed by atoms with Crippen molar-refractivity contribution >= 4 is 5.97 Å². The number of carbonyl (C=O) groups is 1. The second-order valence-corrected chi connectivity index (χ2v) is 3.36. The maximum absolute atomic E-state index is 10.3. The number of rotatable bonds is 4. The fourth-order valence-corrected chi connectivity index (χ4v) is 1.26. The first-order chi connectivity index (χ1) is 6.11. The van der Waals surface area contributed by atoms with Gasteiger partial charge < -0.3 is 5.11 Å². The average Bonchev–Trinajstić information content (AvgIpc) is 2.47. The molecule has 13 heavy (non-hydrogen) atoms. The first-order valence-corrected chi connectivity index (χ1v) is 4.35. The number of hydrogen-bond acceptors (Lipinski definition) is 2. The molecule has 72 valence electrons. The molecule has 0 saturated carbocycles. The van der Waals surface area contributed by atoms with Crippen molar-refractivity contribution in [2.75, 3.05) is 0 Å². The maximum atomic E-state index is 10.3. The lowest BCUT2D eigenvalue weighted by Gasteiger charge is -2.04. The number of nitrogens with zero attached hydrogens (tertiary/aromatic N) is 1. The van der Waals surface area contributed by atoms with E-state index in [4.69, 9.17) is 5.11 Å². The molecule has 1 rings (SSSR count). The molecule has 0 aromatic carbocycles. The molecule has 0 saturated heterocycles. The zero-order chi connectivity index (χ0) is 9.84. The topological polar surface area (TPSA) is 66.0 Å². The fraction of sp³-hybridized carbons (Fsp3) is 0.556. The van der Waals surface area contributed by atoms with Crippen molar-refractivity contribution < 1.29 is 9.90 Å². The summed E-state index contributed by atoms with van der Waals surface area (Å²) in [7, 11) is 0. The minimum Gasteiger partial charge on any atom is -0.481 e. The van der Waals surface area contributed by atoms with Crippen molar-refractivity contribution in [3.8, 4) is 0 Å². The fourth-order valence-electron chi connectivity index (χ4n) is 1.26. The summed E-state index contributed by atoms with van der Waals surface area (Å²) in [6, 6.07) is 0. The lowest BCUT2D eigenvalue weighted by atomic mass is 10.0. The number of aryl methyl sites for hydroxylation is 1. The van der Waals surface area contributed by atoms with Crippen LogP contribution in [0.5, 0.6) is 0 Å². The molecule has 1 aromatic heterocycles. The molecule has 0 atom stereocenters. The monoisotopic (exact) mass is 182 g/mol. The Kier molecular flexibility index (Phi) is 3.06. The van der Waals surface area contributed by atoms with Gasteiger partial charge in [0.05, 0.1) is 6.20 Å². The van der Waals surface area contributed by atoms with Crippen LogP contribution in [0.4, 0.5) is 0 Å². The number of carboxylic acids is 1. The Morgan fingerprint density at radius 1 is 1.69 bits per heavy atom. The van der Waals surface area contributed by atoms with Crippen molar-refractivity contribution in [1.82, 2.24) is 10.2 Å². The number of aliphatic carboxylic acids is 1. The minimum absolute atomic E-state index is 0.166. The van der Waals surface area contributed by atoms with E-state index < -0.39 is 5.97 Å². The lowest BCUT2D eigenvalue weighted by Crippen LogP contribution is -2.00. The summed E-state index contributed by atoms with van der Waals surface area (Å²) in [4.78, 5) is 10.3. The summed E-state index contributed by atoms with van der Waals surface area (Å²) < 4.78 is 0. The first-order valence-electron chi connectivity index (χ1n) is 4.35. The van der Waals surface area contributed by atoms with Crippen LogP contribution in [0.15, 0.2) is 6.20 Å². The summed E-state index contributed by atoms with van der Waals surface area (Å²) in [6.45, 7) is 4.11. The normalized spacial score (nSPS) is 10.7. The van der Waals surface area contributed by atoms with Crippen molar-refractivity contribution in [2.24, 2.45) is 0 Å². The molecule has 1 heterocycles. The molecule has 1 aromatic rings. The Morgan fingerprint density at radius 2 is 2.38 bits per heavy atom. The van der Waals surface area contributed by atoms with E-state index >= 15 is 0 Å². The van der Waals surface area contributed by atoms with Gasteiger partial charge in [-0.1, -0.05) is 13.8 Å². The van der Waals surface area contributed by atoms with Crippen LogP contribution in [-0.4, -0.2) is 21.3 Å². The van der Waals surface area contributed by atoms with Gasteiger partial charge in [0.1, 0.15) is 0 Å². The lowest BCUT2D eigenvalue weighted by molar-refractivity contribution is -0.136. The summed E-state index contributed by atoms with van der Waals surface area (Å²) in [5.74, 6) is -0.401. The molecule has 0 radical (unpaired) electrons. The Balaban J connectivity index is 2.65. The predicted octanol–water partition coefficient (Wildman–Crippen LogP) is 1.55. The largest absolute Gasteiger partial charge is 0.481 e. The van der Waals surface area contributed by atoms with E-state index in [0.717, 1.165) is 11.3 Å². The highest BCUT2D eigenvalue weighted by atomic mass is 16.4. The van der Waals surface area contributed by atoms with E-state index in [1.807, 2.05) is 0 Å². The molecule has 0 aliphatic carbocycles. The number of carboxylic acid groups (broad SMARTS) is 1. The third kappa shape index (κ3) is 2.57. The van der Waals surface area contributed by atoms with Gasteiger partial charge in [-0.3, -0.25) is 9.89 Å². The standard InChI is InChI=1S/C9H14N2O2/c1-6(2)9-7(5-10-11-9)3-4-8(12)13/h5-6H,3-4H2,1-2H3,(H,10,11)(H,12,13). The van der Waals surface area contributed by atoms with Crippen molar-refractivity contribution in [3.63, 3.8) is 0 Å². The summed E-state index contributed by atoms with van der Waals surface area (Å²) >= 11 is 0. The van der Waals surface area contributed by atoms with Crippen LogP contribution >= 0.6 is 0 Å². The van der Waals surface area contributed by atoms with Gasteiger partial charge in [-0.2, -0.15) is 5.10 Å². The van der Waals surface area contributed by atoms with E-state index in [-0.39, 0.29) is 6.42 Å². The highest BCUT2D eigenvalue weighted by Gasteiger charge is 2.09. The second-order valence-electron chi connectivity index (χ2n) is 3.36. The van der Waals surface area contributed by atoms with Gasteiger partial charge in [0.2, 0.25) is 0 Å². The molecule has 0 spiro atoms. The van der Waals surface area contributed by atoms with E-state index in [1.54, 1.807) is 6.20 Å². The van der Waals surface area contributed by atoms with Crippen LogP contribution in [0.1, 0.15) is 37.4 Å². The molecule has 0 amide bonds.